The summed E-state index contributed by atoms with van der Waals surface area (Å²) in [4.78, 5) is 12.7. The predicted octanol–water partition coefficient (Wildman–Crippen LogP) is 3.89. The fraction of sp³-hybridized carbons (Fsp3) is 0.591. The van der Waals surface area contributed by atoms with Crippen LogP contribution in [0, 0.1) is 0 Å². The molecule has 0 spiro atoms. The normalized spacial score (nSPS) is 30.7. The zero-order chi connectivity index (χ0) is 23.1. The Morgan fingerprint density at radius 3 is 2.32 bits per heavy atom. The van der Waals surface area contributed by atoms with Crippen LogP contribution in [-0.2, 0) is 34.1 Å². The fourth-order valence-electron chi connectivity index (χ4n) is 3.80. The number of carbonyl (C=O) groups excluding carboxylic acids is 1. The van der Waals surface area contributed by atoms with Gasteiger partial charge in [-0.25, -0.2) is 4.79 Å². The lowest BCUT2D eigenvalue weighted by Crippen LogP contribution is -2.52. The minimum atomic E-state index is -5.03. The van der Waals surface area contributed by atoms with Crippen LogP contribution in [0.4, 0.5) is 13.2 Å². The average molecular weight is 444 g/mol. The number of hydrogen-bond donors (Lipinski definition) is 0. The van der Waals surface area contributed by atoms with E-state index in [1.807, 2.05) is 6.92 Å². The number of carbonyl (C=O) groups is 1. The number of ether oxygens (including phenoxy) is 5. The molecule has 5 atom stereocenters. The molecule has 172 valence electrons. The molecule has 0 saturated carbocycles. The maximum atomic E-state index is 14.0. The van der Waals surface area contributed by atoms with E-state index in [0.29, 0.717) is 0 Å². The molecule has 2 fully saturated rings. The molecule has 2 saturated heterocycles. The van der Waals surface area contributed by atoms with E-state index in [1.54, 1.807) is 26.0 Å². The largest absolute Gasteiger partial charge is 0.456 e. The lowest BCUT2D eigenvalue weighted by Gasteiger charge is -2.33. The zero-order valence-corrected chi connectivity index (χ0v) is 18.1. The molecule has 31 heavy (non-hydrogen) atoms. The van der Waals surface area contributed by atoms with Gasteiger partial charge in [0, 0.05) is 12.7 Å². The van der Waals surface area contributed by atoms with E-state index in [4.69, 9.17) is 23.7 Å². The molecule has 1 aromatic rings. The lowest BCUT2D eigenvalue weighted by atomic mass is 9.92. The molecule has 6 nitrogen and oxygen atoms in total. The molecule has 3 rings (SSSR count). The maximum absolute atomic E-state index is 14.0. The van der Waals surface area contributed by atoms with Crippen molar-refractivity contribution in [3.8, 4) is 0 Å². The highest BCUT2D eigenvalue weighted by Gasteiger charge is 2.64. The molecule has 0 unspecified atom stereocenters. The lowest BCUT2D eigenvalue weighted by molar-refractivity contribution is -0.277. The highest BCUT2D eigenvalue weighted by atomic mass is 19.4. The van der Waals surface area contributed by atoms with E-state index in [-0.39, 0.29) is 24.4 Å². The van der Waals surface area contributed by atoms with Gasteiger partial charge in [-0.2, -0.15) is 13.2 Å². The van der Waals surface area contributed by atoms with Crippen molar-refractivity contribution < 1.29 is 41.7 Å². The number of halogens is 3. The van der Waals surface area contributed by atoms with Gasteiger partial charge in [0.05, 0.1) is 12.7 Å². The summed E-state index contributed by atoms with van der Waals surface area (Å²) in [7, 11) is 0.828. The first-order valence-electron chi connectivity index (χ1n) is 9.94. The molecule has 2 aliphatic rings. The number of benzene rings is 1. The second-order valence-corrected chi connectivity index (χ2v) is 8.23. The van der Waals surface area contributed by atoms with Crippen LogP contribution in [0.5, 0.6) is 0 Å². The van der Waals surface area contributed by atoms with Crippen LogP contribution >= 0.6 is 0 Å². The molecule has 2 aliphatic heterocycles. The van der Waals surface area contributed by atoms with Gasteiger partial charge in [0.1, 0.15) is 17.8 Å². The van der Waals surface area contributed by atoms with Crippen molar-refractivity contribution in [3.05, 3.63) is 48.0 Å². The highest BCUT2D eigenvalue weighted by Crippen LogP contribution is 2.45. The van der Waals surface area contributed by atoms with Gasteiger partial charge in [0.2, 0.25) is 0 Å². The Bertz CT molecular complexity index is 824. The third kappa shape index (κ3) is 4.50. The first-order valence-corrected chi connectivity index (χ1v) is 9.94. The first-order chi connectivity index (χ1) is 14.4. The van der Waals surface area contributed by atoms with Gasteiger partial charge in [0.15, 0.2) is 5.79 Å². The van der Waals surface area contributed by atoms with Gasteiger partial charge in [0.25, 0.3) is 5.60 Å². The molecule has 2 heterocycles. The van der Waals surface area contributed by atoms with Crippen LogP contribution in [0.3, 0.4) is 0 Å². The monoisotopic (exact) mass is 444 g/mol. The van der Waals surface area contributed by atoms with Crippen LogP contribution in [0.15, 0.2) is 42.5 Å². The Hall–Kier alpha value is -1.94. The fourth-order valence-corrected chi connectivity index (χ4v) is 3.80. The summed E-state index contributed by atoms with van der Waals surface area (Å²) >= 11 is 0. The molecule has 0 aliphatic carbocycles. The quantitative estimate of drug-likeness (QED) is 0.361. The van der Waals surface area contributed by atoms with Crippen molar-refractivity contribution in [2.75, 3.05) is 13.7 Å². The Morgan fingerprint density at radius 2 is 1.87 bits per heavy atom. The SMILES string of the molecule is CO[C@](C(=O)O[C@@H](C)/C=C/[C@]1([C@@H]2O[C@H]2C)COC(C)(C)O1)(c1ccccc1)C(F)(F)F. The van der Waals surface area contributed by atoms with Crippen molar-refractivity contribution in [1.29, 1.82) is 0 Å². The van der Waals surface area contributed by atoms with Gasteiger partial charge in [-0.15, -0.1) is 0 Å². The number of hydrogen-bond acceptors (Lipinski definition) is 6. The Balaban J connectivity index is 1.81. The zero-order valence-electron chi connectivity index (χ0n) is 18.1. The van der Waals surface area contributed by atoms with E-state index in [0.717, 1.165) is 7.11 Å². The molecule has 1 aromatic carbocycles. The van der Waals surface area contributed by atoms with Crippen molar-refractivity contribution >= 4 is 5.97 Å². The minimum absolute atomic E-state index is 0.0514. The summed E-state index contributed by atoms with van der Waals surface area (Å²) in [5, 5.41) is 0. The number of rotatable bonds is 7. The van der Waals surface area contributed by atoms with Gasteiger partial charge in [-0.3, -0.25) is 0 Å². The Morgan fingerprint density at radius 1 is 1.26 bits per heavy atom. The molecule has 0 bridgehead atoms. The molecule has 0 aromatic heterocycles. The predicted molar refractivity (Wildman–Crippen MR) is 104 cm³/mol. The van der Waals surface area contributed by atoms with Crippen LogP contribution in [0.2, 0.25) is 0 Å². The minimum Gasteiger partial charge on any atom is -0.456 e. The van der Waals surface area contributed by atoms with Crippen molar-refractivity contribution in [2.45, 2.75) is 69.2 Å². The summed E-state index contributed by atoms with van der Waals surface area (Å²) < 4.78 is 69.1. The van der Waals surface area contributed by atoms with E-state index in [1.165, 1.54) is 37.3 Å². The average Bonchev–Trinajstić information content (AvgIpc) is 3.33. The Labute approximate surface area is 179 Å². The van der Waals surface area contributed by atoms with Gasteiger partial charge >= 0.3 is 12.1 Å². The molecule has 0 N–H and O–H groups in total. The van der Waals surface area contributed by atoms with E-state index in [9.17, 15) is 18.0 Å². The van der Waals surface area contributed by atoms with Gasteiger partial charge in [-0.1, -0.05) is 30.3 Å². The third-order valence-electron chi connectivity index (χ3n) is 5.39. The topological polar surface area (TPSA) is 66.5 Å². The number of epoxide rings is 1. The van der Waals surface area contributed by atoms with Crippen LogP contribution in [0.1, 0.15) is 33.3 Å². The van der Waals surface area contributed by atoms with Crippen molar-refractivity contribution in [2.24, 2.45) is 0 Å². The smallest absolute Gasteiger partial charge is 0.432 e. The molecule has 0 amide bonds. The summed E-state index contributed by atoms with van der Waals surface area (Å²) in [6.07, 6.45) is -3.23. The van der Waals surface area contributed by atoms with Crippen LogP contribution in [-0.4, -0.2) is 55.6 Å². The van der Waals surface area contributed by atoms with Crippen molar-refractivity contribution in [1.82, 2.24) is 0 Å². The van der Waals surface area contributed by atoms with E-state index in [2.05, 4.69) is 0 Å². The highest BCUT2D eigenvalue weighted by molar-refractivity contribution is 5.83. The number of alkyl halides is 3. The summed E-state index contributed by atoms with van der Waals surface area (Å²) in [6, 6.07) is 6.68. The molecule has 0 radical (unpaired) electrons. The summed E-state index contributed by atoms with van der Waals surface area (Å²) in [5.74, 6) is -2.40. The molecular formula is C22H27F3O6. The maximum Gasteiger partial charge on any atom is 0.432 e. The van der Waals surface area contributed by atoms with E-state index >= 15 is 0 Å². The number of esters is 1. The summed E-state index contributed by atoms with van der Waals surface area (Å²) in [6.45, 7) is 7.07. The second-order valence-electron chi connectivity index (χ2n) is 8.23. The summed E-state index contributed by atoms with van der Waals surface area (Å²) in [5.41, 5.74) is -4.51. The third-order valence-corrected chi connectivity index (χ3v) is 5.39. The first kappa shape index (κ1) is 23.7. The van der Waals surface area contributed by atoms with Crippen molar-refractivity contribution in [3.63, 3.8) is 0 Å². The Kier molecular flexibility index (Phi) is 6.27. The second kappa shape index (κ2) is 8.20. The van der Waals surface area contributed by atoms with Crippen LogP contribution < -0.4 is 0 Å². The standard InChI is InChI=1S/C22H27F3O6/c1-14(11-12-20(17-15(2)30-17)13-28-19(3,4)31-20)29-18(26)21(27-5,22(23,24)25)16-9-7-6-8-10-16/h6-12,14-15,17H,13H2,1-5H3/b12-11+/t14-,15-,17+,20+,21-/m0/s1. The van der Waals surface area contributed by atoms with Gasteiger partial charge < -0.3 is 23.7 Å². The molecule has 9 heteroatoms. The molecular weight excluding hydrogens is 417 g/mol. The van der Waals surface area contributed by atoms with Crippen LogP contribution in [0.25, 0.3) is 0 Å². The van der Waals surface area contributed by atoms with E-state index < -0.39 is 35.2 Å². The number of methoxy groups -OCH3 is 1. The van der Waals surface area contributed by atoms with Gasteiger partial charge in [-0.05, 0) is 39.8 Å².